The van der Waals surface area contributed by atoms with Gasteiger partial charge in [-0.05, 0) is 17.9 Å². The summed E-state index contributed by atoms with van der Waals surface area (Å²) in [4.78, 5) is 41.4. The van der Waals surface area contributed by atoms with Gasteiger partial charge < -0.3 is 20.3 Å². The fourth-order valence-corrected chi connectivity index (χ4v) is 3.55. The van der Waals surface area contributed by atoms with Crippen molar-refractivity contribution in [1.29, 1.82) is 0 Å². The van der Waals surface area contributed by atoms with Crippen LogP contribution in [-0.2, 0) is 25.5 Å². The number of ether oxygens (including phenoxy) is 1. The van der Waals surface area contributed by atoms with Gasteiger partial charge in [0.25, 0.3) is 0 Å². The van der Waals surface area contributed by atoms with Crippen LogP contribution in [0.1, 0.15) is 25.8 Å². The Bertz CT molecular complexity index is 703. The van der Waals surface area contributed by atoms with Crippen molar-refractivity contribution in [3.8, 4) is 0 Å². The van der Waals surface area contributed by atoms with Crippen LogP contribution in [0.25, 0.3) is 0 Å². The highest BCUT2D eigenvalue weighted by Gasteiger charge is 2.31. The van der Waals surface area contributed by atoms with E-state index < -0.39 is 6.04 Å². The summed E-state index contributed by atoms with van der Waals surface area (Å²) < 4.78 is 4.97. The van der Waals surface area contributed by atoms with Crippen LogP contribution in [0.5, 0.6) is 0 Å². The Balaban J connectivity index is 1.79. The van der Waals surface area contributed by atoms with Gasteiger partial charge in [-0.25, -0.2) is 0 Å². The molecule has 0 aromatic heterocycles. The van der Waals surface area contributed by atoms with E-state index in [1.165, 1.54) is 0 Å². The summed E-state index contributed by atoms with van der Waals surface area (Å²) in [6, 6.07) is 8.95. The highest BCUT2D eigenvalue weighted by Crippen LogP contribution is 2.10. The molecule has 8 nitrogen and oxygen atoms in total. The maximum atomic E-state index is 13.1. The van der Waals surface area contributed by atoms with Crippen molar-refractivity contribution < 1.29 is 19.1 Å². The molecule has 0 radical (unpaired) electrons. The molecule has 0 bridgehead atoms. The van der Waals surface area contributed by atoms with Crippen LogP contribution in [-0.4, -0.2) is 86.5 Å². The standard InChI is InChI=1S/C23H36N4O4/c1-18(2)22(25-20(28)16-19-8-5-4-6-9-19)23(30)27-13-11-26(12-14-27)17-21(29)24-10-7-15-31-3/h4-6,8-9,18,22H,7,10-17H2,1-3H3,(H,24,29)(H,25,28). The summed E-state index contributed by atoms with van der Waals surface area (Å²) >= 11 is 0. The molecule has 1 saturated heterocycles. The van der Waals surface area contributed by atoms with Gasteiger partial charge in [0.1, 0.15) is 6.04 Å². The van der Waals surface area contributed by atoms with Crippen LogP contribution in [0.3, 0.4) is 0 Å². The average Bonchev–Trinajstić information content (AvgIpc) is 2.75. The van der Waals surface area contributed by atoms with Crippen molar-refractivity contribution in [3.63, 3.8) is 0 Å². The molecule has 172 valence electrons. The van der Waals surface area contributed by atoms with Crippen molar-refractivity contribution in [1.82, 2.24) is 20.4 Å². The lowest BCUT2D eigenvalue weighted by Crippen LogP contribution is -2.57. The third kappa shape index (κ3) is 8.67. The predicted octanol–water partition coefficient (Wildman–Crippen LogP) is 0.667. The number of carbonyl (C=O) groups excluding carboxylic acids is 3. The number of benzene rings is 1. The van der Waals surface area contributed by atoms with Gasteiger partial charge in [0.15, 0.2) is 0 Å². The molecule has 0 aliphatic carbocycles. The highest BCUT2D eigenvalue weighted by atomic mass is 16.5. The van der Waals surface area contributed by atoms with Gasteiger partial charge in [-0.15, -0.1) is 0 Å². The number of hydrogen-bond acceptors (Lipinski definition) is 5. The largest absolute Gasteiger partial charge is 0.385 e. The number of rotatable bonds is 11. The lowest BCUT2D eigenvalue weighted by molar-refractivity contribution is -0.139. The van der Waals surface area contributed by atoms with E-state index in [-0.39, 0.29) is 30.1 Å². The molecule has 2 N–H and O–H groups in total. The number of hydrogen-bond donors (Lipinski definition) is 2. The lowest BCUT2D eigenvalue weighted by Gasteiger charge is -2.37. The SMILES string of the molecule is COCCCNC(=O)CN1CCN(C(=O)C(NC(=O)Cc2ccccc2)C(C)C)CC1. The van der Waals surface area contributed by atoms with Gasteiger partial charge in [0.05, 0.1) is 13.0 Å². The first kappa shape index (κ1) is 24.8. The topological polar surface area (TPSA) is 91.0 Å². The Kier molecular flexibility index (Phi) is 10.5. The van der Waals surface area contributed by atoms with Crippen molar-refractivity contribution in [2.24, 2.45) is 5.92 Å². The lowest BCUT2D eigenvalue weighted by atomic mass is 10.0. The molecule has 1 atom stereocenters. The third-order valence-corrected chi connectivity index (χ3v) is 5.36. The van der Waals surface area contributed by atoms with E-state index >= 15 is 0 Å². The van der Waals surface area contributed by atoms with Crippen molar-refractivity contribution in [2.75, 3.05) is 53.0 Å². The van der Waals surface area contributed by atoms with Gasteiger partial charge in [-0.1, -0.05) is 44.2 Å². The molecule has 0 saturated carbocycles. The van der Waals surface area contributed by atoms with E-state index in [1.807, 2.05) is 49.1 Å². The Labute approximate surface area is 185 Å². The maximum absolute atomic E-state index is 13.1. The first-order valence-corrected chi connectivity index (χ1v) is 11.0. The van der Waals surface area contributed by atoms with Crippen LogP contribution in [0.4, 0.5) is 0 Å². The summed E-state index contributed by atoms with van der Waals surface area (Å²) in [7, 11) is 1.64. The molecular formula is C23H36N4O4. The second-order valence-corrected chi connectivity index (χ2v) is 8.25. The molecule has 1 aliphatic rings. The molecule has 1 unspecified atom stereocenters. The zero-order valence-electron chi connectivity index (χ0n) is 18.9. The third-order valence-electron chi connectivity index (χ3n) is 5.36. The summed E-state index contributed by atoms with van der Waals surface area (Å²) in [5, 5.41) is 5.81. The minimum atomic E-state index is -0.549. The van der Waals surface area contributed by atoms with Crippen LogP contribution in [0.15, 0.2) is 30.3 Å². The minimum absolute atomic E-state index is 0.0101. The Morgan fingerprint density at radius 1 is 1.03 bits per heavy atom. The monoisotopic (exact) mass is 432 g/mol. The molecular weight excluding hydrogens is 396 g/mol. The van der Waals surface area contributed by atoms with E-state index in [9.17, 15) is 14.4 Å². The number of nitrogens with one attached hydrogen (secondary N) is 2. The quantitative estimate of drug-likeness (QED) is 0.502. The van der Waals surface area contributed by atoms with E-state index in [2.05, 4.69) is 10.6 Å². The van der Waals surface area contributed by atoms with Crippen LogP contribution in [0, 0.1) is 5.92 Å². The Hall–Kier alpha value is -2.45. The maximum Gasteiger partial charge on any atom is 0.245 e. The molecule has 8 heteroatoms. The molecule has 0 spiro atoms. The zero-order chi connectivity index (χ0) is 22.6. The number of methoxy groups -OCH3 is 1. The number of carbonyl (C=O) groups is 3. The summed E-state index contributed by atoms with van der Waals surface area (Å²) in [6.45, 7) is 7.81. The Morgan fingerprint density at radius 3 is 2.32 bits per heavy atom. The van der Waals surface area contributed by atoms with Gasteiger partial charge in [0, 0.05) is 46.4 Å². The molecule has 2 rings (SSSR count). The number of nitrogens with zero attached hydrogens (tertiary/aromatic N) is 2. The van der Waals surface area contributed by atoms with Gasteiger partial charge in [-0.3, -0.25) is 19.3 Å². The fraction of sp³-hybridized carbons (Fsp3) is 0.609. The number of amides is 3. The van der Waals surface area contributed by atoms with Gasteiger partial charge in [-0.2, -0.15) is 0 Å². The van der Waals surface area contributed by atoms with Crippen LogP contribution < -0.4 is 10.6 Å². The van der Waals surface area contributed by atoms with E-state index in [4.69, 9.17) is 4.74 Å². The molecule has 1 aromatic rings. The van der Waals surface area contributed by atoms with Crippen molar-refractivity contribution in [2.45, 2.75) is 32.7 Å². The Morgan fingerprint density at radius 2 is 1.71 bits per heavy atom. The van der Waals surface area contributed by atoms with Crippen LogP contribution >= 0.6 is 0 Å². The minimum Gasteiger partial charge on any atom is -0.385 e. The van der Waals surface area contributed by atoms with Gasteiger partial charge in [0.2, 0.25) is 17.7 Å². The van der Waals surface area contributed by atoms with E-state index in [1.54, 1.807) is 12.0 Å². The molecule has 31 heavy (non-hydrogen) atoms. The summed E-state index contributed by atoms with van der Waals surface area (Å²) in [5.41, 5.74) is 0.920. The first-order chi connectivity index (χ1) is 14.9. The normalized spacial score (nSPS) is 15.5. The predicted molar refractivity (Wildman–Crippen MR) is 119 cm³/mol. The molecule has 1 aliphatic heterocycles. The molecule has 1 fully saturated rings. The second-order valence-electron chi connectivity index (χ2n) is 8.25. The zero-order valence-corrected chi connectivity index (χ0v) is 18.9. The second kappa shape index (κ2) is 13.1. The molecule has 1 aromatic carbocycles. The van der Waals surface area contributed by atoms with E-state index in [0.717, 1.165) is 12.0 Å². The van der Waals surface area contributed by atoms with E-state index in [0.29, 0.717) is 45.9 Å². The number of piperazine rings is 1. The smallest absolute Gasteiger partial charge is 0.245 e. The fourth-order valence-electron chi connectivity index (χ4n) is 3.55. The average molecular weight is 433 g/mol. The van der Waals surface area contributed by atoms with Crippen LogP contribution in [0.2, 0.25) is 0 Å². The summed E-state index contributed by atoms with van der Waals surface area (Å²) in [6.07, 6.45) is 1.04. The highest BCUT2D eigenvalue weighted by molar-refractivity contribution is 5.88. The summed E-state index contributed by atoms with van der Waals surface area (Å²) in [5.74, 6) is -0.227. The molecule has 3 amide bonds. The molecule has 1 heterocycles. The van der Waals surface area contributed by atoms with Crippen molar-refractivity contribution in [3.05, 3.63) is 35.9 Å². The van der Waals surface area contributed by atoms with Gasteiger partial charge >= 0.3 is 0 Å². The van der Waals surface area contributed by atoms with Crippen molar-refractivity contribution >= 4 is 17.7 Å². The first-order valence-electron chi connectivity index (χ1n) is 11.0.